The van der Waals surface area contributed by atoms with Crippen molar-refractivity contribution < 1.29 is 14.3 Å². The van der Waals surface area contributed by atoms with Crippen LogP contribution < -0.4 is 14.8 Å². The monoisotopic (exact) mass is 339 g/mol. The van der Waals surface area contributed by atoms with Crippen molar-refractivity contribution in [3.8, 4) is 11.5 Å². The Morgan fingerprint density at radius 1 is 1.08 bits per heavy atom. The molecule has 0 saturated heterocycles. The first kappa shape index (κ1) is 15.0. The summed E-state index contributed by atoms with van der Waals surface area (Å²) in [7, 11) is 0. The molecule has 0 bridgehead atoms. The second-order valence-electron chi connectivity index (χ2n) is 5.65. The van der Waals surface area contributed by atoms with Crippen LogP contribution in [0.3, 0.4) is 0 Å². The number of carbonyl (C=O) groups is 1. The first-order valence-electron chi connectivity index (χ1n) is 7.94. The SMILES string of the molecule is O=C(NCc1csc2ccccc12)c1ccc2c(c1)OCCCO2. The van der Waals surface area contributed by atoms with E-state index in [0.29, 0.717) is 36.8 Å². The van der Waals surface area contributed by atoms with Crippen molar-refractivity contribution in [1.82, 2.24) is 5.32 Å². The van der Waals surface area contributed by atoms with Crippen LogP contribution in [0.15, 0.2) is 47.8 Å². The van der Waals surface area contributed by atoms with Crippen molar-refractivity contribution in [3.05, 3.63) is 59.0 Å². The Kier molecular flexibility index (Phi) is 4.09. The number of benzene rings is 2. The summed E-state index contributed by atoms with van der Waals surface area (Å²) >= 11 is 1.69. The molecule has 0 radical (unpaired) electrons. The molecule has 0 unspecified atom stereocenters. The summed E-state index contributed by atoms with van der Waals surface area (Å²) in [4.78, 5) is 12.4. The van der Waals surface area contributed by atoms with Gasteiger partial charge in [-0.2, -0.15) is 0 Å². The minimum Gasteiger partial charge on any atom is -0.490 e. The number of amides is 1. The van der Waals surface area contributed by atoms with Crippen molar-refractivity contribution in [2.45, 2.75) is 13.0 Å². The van der Waals surface area contributed by atoms with Gasteiger partial charge in [0.2, 0.25) is 0 Å². The molecule has 2 heterocycles. The van der Waals surface area contributed by atoms with Crippen LogP contribution in [-0.4, -0.2) is 19.1 Å². The van der Waals surface area contributed by atoms with Crippen LogP contribution in [-0.2, 0) is 6.54 Å². The van der Waals surface area contributed by atoms with Gasteiger partial charge in [-0.15, -0.1) is 11.3 Å². The molecular weight excluding hydrogens is 322 g/mol. The molecule has 3 aromatic rings. The highest BCUT2D eigenvalue weighted by molar-refractivity contribution is 7.17. The van der Waals surface area contributed by atoms with Crippen LogP contribution in [0.1, 0.15) is 22.3 Å². The number of thiophene rings is 1. The lowest BCUT2D eigenvalue weighted by atomic mass is 10.1. The standard InChI is InChI=1S/C19H17NO3S/c21-19(13-6-7-16-17(10-13)23-9-3-8-22-16)20-11-14-12-24-18-5-2-1-4-15(14)18/h1-2,4-7,10,12H,3,8-9,11H2,(H,20,21). The van der Waals surface area contributed by atoms with Gasteiger partial charge in [0.15, 0.2) is 11.5 Å². The second-order valence-corrected chi connectivity index (χ2v) is 6.56. The molecule has 1 aromatic heterocycles. The number of hydrogen-bond donors (Lipinski definition) is 1. The predicted octanol–water partition coefficient (Wildman–Crippen LogP) is 3.99. The topological polar surface area (TPSA) is 47.6 Å². The van der Waals surface area contributed by atoms with Gasteiger partial charge < -0.3 is 14.8 Å². The largest absolute Gasteiger partial charge is 0.490 e. The summed E-state index contributed by atoms with van der Waals surface area (Å²) in [6.45, 7) is 1.76. The minimum absolute atomic E-state index is 0.110. The molecule has 0 spiro atoms. The van der Waals surface area contributed by atoms with Gasteiger partial charge in [-0.05, 0) is 40.6 Å². The summed E-state index contributed by atoms with van der Waals surface area (Å²) < 4.78 is 12.5. The Bertz CT molecular complexity index is 887. The van der Waals surface area contributed by atoms with Gasteiger partial charge in [0.05, 0.1) is 13.2 Å². The van der Waals surface area contributed by atoms with E-state index in [2.05, 4.69) is 22.8 Å². The van der Waals surface area contributed by atoms with Gasteiger partial charge in [-0.25, -0.2) is 0 Å². The molecule has 122 valence electrons. The van der Waals surface area contributed by atoms with Crippen LogP contribution >= 0.6 is 11.3 Å². The van der Waals surface area contributed by atoms with Gasteiger partial charge in [0, 0.05) is 23.2 Å². The highest BCUT2D eigenvalue weighted by Gasteiger charge is 2.14. The van der Waals surface area contributed by atoms with E-state index in [9.17, 15) is 4.79 Å². The number of fused-ring (bicyclic) bond motifs is 2. The summed E-state index contributed by atoms with van der Waals surface area (Å²) in [6, 6.07) is 13.5. The molecule has 0 aliphatic carbocycles. The van der Waals surface area contributed by atoms with Crippen molar-refractivity contribution in [2.75, 3.05) is 13.2 Å². The zero-order valence-electron chi connectivity index (χ0n) is 13.1. The van der Waals surface area contributed by atoms with E-state index in [1.54, 1.807) is 29.5 Å². The molecule has 0 fully saturated rings. The average molecular weight is 339 g/mol. The third-order valence-electron chi connectivity index (χ3n) is 4.01. The molecule has 2 aromatic carbocycles. The minimum atomic E-state index is -0.110. The lowest BCUT2D eigenvalue weighted by Crippen LogP contribution is -2.22. The lowest BCUT2D eigenvalue weighted by Gasteiger charge is -2.09. The van der Waals surface area contributed by atoms with Gasteiger partial charge in [-0.1, -0.05) is 18.2 Å². The first-order valence-corrected chi connectivity index (χ1v) is 8.82. The van der Waals surface area contributed by atoms with Gasteiger partial charge in [0.1, 0.15) is 0 Å². The number of hydrogen-bond acceptors (Lipinski definition) is 4. The highest BCUT2D eigenvalue weighted by atomic mass is 32.1. The number of rotatable bonds is 3. The predicted molar refractivity (Wildman–Crippen MR) is 95.0 cm³/mol. The maximum Gasteiger partial charge on any atom is 0.251 e. The summed E-state index contributed by atoms with van der Waals surface area (Å²) in [5.74, 6) is 1.23. The second kappa shape index (κ2) is 6.53. The van der Waals surface area contributed by atoms with Crippen molar-refractivity contribution in [1.29, 1.82) is 0 Å². The first-order chi connectivity index (χ1) is 11.8. The van der Waals surface area contributed by atoms with E-state index in [0.717, 1.165) is 12.0 Å². The fourth-order valence-electron chi connectivity index (χ4n) is 2.75. The smallest absolute Gasteiger partial charge is 0.251 e. The van der Waals surface area contributed by atoms with Crippen LogP contribution in [0.5, 0.6) is 11.5 Å². The molecule has 4 rings (SSSR count). The Hall–Kier alpha value is -2.53. The van der Waals surface area contributed by atoms with Crippen LogP contribution in [0.25, 0.3) is 10.1 Å². The molecule has 0 saturated carbocycles. The summed E-state index contributed by atoms with van der Waals surface area (Å²) in [5.41, 5.74) is 1.72. The van der Waals surface area contributed by atoms with Crippen LogP contribution in [0.2, 0.25) is 0 Å². The van der Waals surface area contributed by atoms with Crippen LogP contribution in [0.4, 0.5) is 0 Å². The fraction of sp³-hybridized carbons (Fsp3) is 0.211. The van der Waals surface area contributed by atoms with Crippen molar-refractivity contribution in [2.24, 2.45) is 0 Å². The number of ether oxygens (including phenoxy) is 2. The third-order valence-corrected chi connectivity index (χ3v) is 5.02. The van der Waals surface area contributed by atoms with Gasteiger partial charge in [0.25, 0.3) is 5.91 Å². The molecule has 0 atom stereocenters. The van der Waals surface area contributed by atoms with E-state index in [-0.39, 0.29) is 5.91 Å². The summed E-state index contributed by atoms with van der Waals surface area (Å²) in [5, 5.41) is 6.28. The normalized spacial score (nSPS) is 13.5. The zero-order valence-corrected chi connectivity index (χ0v) is 13.9. The molecule has 1 N–H and O–H groups in total. The van der Waals surface area contributed by atoms with E-state index in [4.69, 9.17) is 9.47 Å². The van der Waals surface area contributed by atoms with E-state index >= 15 is 0 Å². The Morgan fingerprint density at radius 2 is 1.92 bits per heavy atom. The molecule has 24 heavy (non-hydrogen) atoms. The Labute approximate surface area is 144 Å². The number of carbonyl (C=O) groups excluding carboxylic acids is 1. The van der Waals surface area contributed by atoms with E-state index < -0.39 is 0 Å². The molecule has 4 nitrogen and oxygen atoms in total. The van der Waals surface area contributed by atoms with Crippen LogP contribution in [0, 0.1) is 0 Å². The van der Waals surface area contributed by atoms with Gasteiger partial charge in [-0.3, -0.25) is 4.79 Å². The molecular formula is C19H17NO3S. The lowest BCUT2D eigenvalue weighted by molar-refractivity contribution is 0.0950. The highest BCUT2D eigenvalue weighted by Crippen LogP contribution is 2.30. The molecule has 1 aliphatic heterocycles. The Balaban J connectivity index is 1.49. The van der Waals surface area contributed by atoms with Crippen molar-refractivity contribution >= 4 is 27.3 Å². The van der Waals surface area contributed by atoms with E-state index in [1.807, 2.05) is 12.1 Å². The average Bonchev–Trinajstić information content (AvgIpc) is 2.88. The Morgan fingerprint density at radius 3 is 2.83 bits per heavy atom. The maximum atomic E-state index is 12.4. The number of nitrogens with one attached hydrogen (secondary N) is 1. The maximum absolute atomic E-state index is 12.4. The third kappa shape index (κ3) is 2.95. The van der Waals surface area contributed by atoms with Crippen molar-refractivity contribution in [3.63, 3.8) is 0 Å². The molecule has 1 aliphatic rings. The quantitative estimate of drug-likeness (QED) is 0.785. The molecule has 1 amide bonds. The summed E-state index contributed by atoms with van der Waals surface area (Å²) in [6.07, 6.45) is 0.849. The van der Waals surface area contributed by atoms with E-state index in [1.165, 1.54) is 10.1 Å². The molecule has 5 heteroatoms. The zero-order chi connectivity index (χ0) is 16.4. The van der Waals surface area contributed by atoms with Gasteiger partial charge >= 0.3 is 0 Å². The fourth-order valence-corrected chi connectivity index (χ4v) is 3.71.